The molecule has 6 nitrogen and oxygen atoms in total. The molecule has 20 heavy (non-hydrogen) atoms. The van der Waals surface area contributed by atoms with Gasteiger partial charge >= 0.3 is 0 Å². The number of hydrogen-bond acceptors (Lipinski definition) is 6. The van der Waals surface area contributed by atoms with Crippen molar-refractivity contribution >= 4 is 18.0 Å². The maximum absolute atomic E-state index is 5.80. The molecule has 0 saturated carbocycles. The van der Waals surface area contributed by atoms with E-state index in [1.807, 2.05) is 56.3 Å². The van der Waals surface area contributed by atoms with Crippen molar-refractivity contribution in [1.82, 2.24) is 5.06 Å². The minimum Gasteiger partial charge on any atom is -0.368 e. The summed E-state index contributed by atoms with van der Waals surface area (Å²) < 4.78 is 0. The Morgan fingerprint density at radius 2 is 1.95 bits per heavy atom. The SMILES string of the molecule is CC1(C)N=C(N)N=C(N)N1OC/C=C/c1ccccc1. The van der Waals surface area contributed by atoms with Crippen LogP contribution in [0.1, 0.15) is 19.4 Å². The Morgan fingerprint density at radius 1 is 1.25 bits per heavy atom. The first kappa shape index (κ1) is 14.1. The number of nitrogens with two attached hydrogens (primary N) is 2. The van der Waals surface area contributed by atoms with Crippen LogP contribution in [-0.2, 0) is 4.84 Å². The normalized spacial score (nSPS) is 18.0. The van der Waals surface area contributed by atoms with Crippen molar-refractivity contribution < 1.29 is 4.84 Å². The molecule has 0 radical (unpaired) electrons. The van der Waals surface area contributed by atoms with E-state index in [4.69, 9.17) is 16.3 Å². The molecule has 1 aromatic carbocycles. The van der Waals surface area contributed by atoms with E-state index in [1.54, 1.807) is 0 Å². The number of rotatable bonds is 4. The average Bonchev–Trinajstić information content (AvgIpc) is 2.37. The second kappa shape index (κ2) is 5.75. The monoisotopic (exact) mass is 273 g/mol. The lowest BCUT2D eigenvalue weighted by Gasteiger charge is -2.36. The first-order chi connectivity index (χ1) is 9.49. The van der Waals surface area contributed by atoms with Gasteiger partial charge in [-0.05, 0) is 19.4 Å². The lowest BCUT2D eigenvalue weighted by molar-refractivity contribution is -0.146. The Kier molecular flexibility index (Phi) is 4.05. The zero-order valence-electron chi connectivity index (χ0n) is 11.7. The minimum atomic E-state index is -0.670. The molecule has 4 N–H and O–H groups in total. The predicted octanol–water partition coefficient (Wildman–Crippen LogP) is 1.31. The van der Waals surface area contributed by atoms with Crippen LogP contribution in [0.2, 0.25) is 0 Å². The van der Waals surface area contributed by atoms with Gasteiger partial charge in [0.05, 0.1) is 6.61 Å². The van der Waals surface area contributed by atoms with Crippen molar-refractivity contribution in [2.75, 3.05) is 6.61 Å². The molecule has 0 unspecified atom stereocenters. The van der Waals surface area contributed by atoms with E-state index in [2.05, 4.69) is 9.98 Å². The summed E-state index contributed by atoms with van der Waals surface area (Å²) in [5, 5.41) is 1.46. The van der Waals surface area contributed by atoms with Crippen molar-refractivity contribution in [3.05, 3.63) is 42.0 Å². The molecule has 1 aromatic rings. The molecule has 106 valence electrons. The summed E-state index contributed by atoms with van der Waals surface area (Å²) in [5.41, 5.74) is 11.8. The topological polar surface area (TPSA) is 89.2 Å². The van der Waals surface area contributed by atoms with Crippen molar-refractivity contribution in [1.29, 1.82) is 0 Å². The molecule has 0 amide bonds. The molecule has 0 spiro atoms. The Bertz CT molecular complexity index is 548. The molecule has 6 heteroatoms. The number of hydroxylamine groups is 2. The quantitative estimate of drug-likeness (QED) is 0.865. The Morgan fingerprint density at radius 3 is 2.60 bits per heavy atom. The van der Waals surface area contributed by atoms with E-state index >= 15 is 0 Å². The number of hydrogen-bond donors (Lipinski definition) is 2. The zero-order valence-corrected chi connectivity index (χ0v) is 11.7. The maximum Gasteiger partial charge on any atom is 0.226 e. The molecular formula is C14H19N5O. The van der Waals surface area contributed by atoms with Gasteiger partial charge in [0.25, 0.3) is 0 Å². The van der Waals surface area contributed by atoms with Gasteiger partial charge in [0.15, 0.2) is 5.66 Å². The molecule has 1 aliphatic rings. The van der Waals surface area contributed by atoms with Gasteiger partial charge in [0.2, 0.25) is 11.9 Å². The van der Waals surface area contributed by atoms with Crippen LogP contribution in [0.3, 0.4) is 0 Å². The molecule has 0 aromatic heterocycles. The summed E-state index contributed by atoms with van der Waals surface area (Å²) in [6, 6.07) is 9.97. The van der Waals surface area contributed by atoms with E-state index in [0.29, 0.717) is 6.61 Å². The summed E-state index contributed by atoms with van der Waals surface area (Å²) in [4.78, 5) is 13.7. The lowest BCUT2D eigenvalue weighted by Crippen LogP contribution is -2.53. The number of nitrogens with zero attached hydrogens (tertiary/aromatic N) is 3. The van der Waals surface area contributed by atoms with Crippen LogP contribution in [0.4, 0.5) is 0 Å². The molecule has 0 aliphatic carbocycles. The molecule has 1 heterocycles. The van der Waals surface area contributed by atoms with Crippen LogP contribution in [0.25, 0.3) is 6.08 Å². The number of benzene rings is 1. The van der Waals surface area contributed by atoms with E-state index < -0.39 is 5.66 Å². The Labute approximate surface area is 118 Å². The van der Waals surface area contributed by atoms with E-state index in [0.717, 1.165) is 5.56 Å². The highest BCUT2D eigenvalue weighted by molar-refractivity contribution is 5.95. The second-order valence-corrected chi connectivity index (χ2v) is 4.84. The third-order valence-corrected chi connectivity index (χ3v) is 2.73. The molecule has 0 saturated heterocycles. The van der Waals surface area contributed by atoms with E-state index in [-0.39, 0.29) is 11.9 Å². The fraction of sp³-hybridized carbons (Fsp3) is 0.286. The van der Waals surface area contributed by atoms with Gasteiger partial charge < -0.3 is 11.5 Å². The Hall–Kier alpha value is -2.34. The van der Waals surface area contributed by atoms with Crippen LogP contribution in [0.5, 0.6) is 0 Å². The molecule has 1 aliphatic heterocycles. The minimum absolute atomic E-state index is 0.159. The largest absolute Gasteiger partial charge is 0.368 e. The third kappa shape index (κ3) is 3.36. The fourth-order valence-electron chi connectivity index (χ4n) is 1.88. The maximum atomic E-state index is 5.80. The molecular weight excluding hydrogens is 254 g/mol. The molecule has 0 bridgehead atoms. The first-order valence-corrected chi connectivity index (χ1v) is 6.33. The van der Waals surface area contributed by atoms with Crippen LogP contribution in [0, 0.1) is 0 Å². The molecule has 0 atom stereocenters. The highest BCUT2D eigenvalue weighted by atomic mass is 16.7. The van der Waals surface area contributed by atoms with Crippen molar-refractivity contribution in [3.63, 3.8) is 0 Å². The highest BCUT2D eigenvalue weighted by Gasteiger charge is 2.32. The van der Waals surface area contributed by atoms with Crippen molar-refractivity contribution in [2.24, 2.45) is 21.5 Å². The van der Waals surface area contributed by atoms with Gasteiger partial charge in [-0.2, -0.15) is 10.1 Å². The van der Waals surface area contributed by atoms with E-state index in [1.165, 1.54) is 5.06 Å². The van der Waals surface area contributed by atoms with Gasteiger partial charge in [0.1, 0.15) is 0 Å². The van der Waals surface area contributed by atoms with Crippen LogP contribution in [0.15, 0.2) is 46.4 Å². The molecule has 2 rings (SSSR count). The third-order valence-electron chi connectivity index (χ3n) is 2.73. The second-order valence-electron chi connectivity index (χ2n) is 4.84. The van der Waals surface area contributed by atoms with E-state index in [9.17, 15) is 0 Å². The van der Waals surface area contributed by atoms with Crippen LogP contribution >= 0.6 is 0 Å². The van der Waals surface area contributed by atoms with Gasteiger partial charge in [-0.15, -0.1) is 0 Å². The Balaban J connectivity index is 1.94. The predicted molar refractivity (Wildman–Crippen MR) is 80.6 cm³/mol. The lowest BCUT2D eigenvalue weighted by atomic mass is 10.2. The summed E-state index contributed by atoms with van der Waals surface area (Å²) in [5.74, 6) is 0.364. The summed E-state index contributed by atoms with van der Waals surface area (Å²) in [6.45, 7) is 4.06. The van der Waals surface area contributed by atoms with Crippen LogP contribution < -0.4 is 11.5 Å². The van der Waals surface area contributed by atoms with Crippen molar-refractivity contribution in [2.45, 2.75) is 19.5 Å². The van der Waals surface area contributed by atoms with Gasteiger partial charge in [0, 0.05) is 0 Å². The number of guanidine groups is 2. The smallest absolute Gasteiger partial charge is 0.226 e. The molecule has 0 fully saturated rings. The van der Waals surface area contributed by atoms with Gasteiger partial charge in [-0.25, -0.2) is 4.99 Å². The summed E-state index contributed by atoms with van der Waals surface area (Å²) in [6.07, 6.45) is 3.88. The standard InChI is InChI=1S/C14H19N5O/c1-14(2)18-12(15)17-13(16)19(14)20-10-6-9-11-7-4-3-5-8-11/h3-9H,10H2,1-2H3,(H4,15,16,17,18)/b9-6+. The van der Waals surface area contributed by atoms with Crippen LogP contribution in [-0.4, -0.2) is 29.3 Å². The summed E-state index contributed by atoms with van der Waals surface area (Å²) >= 11 is 0. The number of aliphatic imine (C=N–C) groups is 2. The summed E-state index contributed by atoms with van der Waals surface area (Å²) in [7, 11) is 0. The zero-order chi connectivity index (χ0) is 14.6. The van der Waals surface area contributed by atoms with Gasteiger partial charge in [-0.3, -0.25) is 4.84 Å². The fourth-order valence-corrected chi connectivity index (χ4v) is 1.88. The van der Waals surface area contributed by atoms with Crippen molar-refractivity contribution in [3.8, 4) is 0 Å². The highest BCUT2D eigenvalue weighted by Crippen LogP contribution is 2.19. The van der Waals surface area contributed by atoms with Gasteiger partial charge in [-0.1, -0.05) is 42.5 Å². The average molecular weight is 273 g/mol. The first-order valence-electron chi connectivity index (χ1n) is 6.33.